The quantitative estimate of drug-likeness (QED) is 0.758. The van der Waals surface area contributed by atoms with Gasteiger partial charge in [0.2, 0.25) is 5.95 Å². The molecule has 0 aliphatic heterocycles. The number of nitrogens with one attached hydrogen (secondary N) is 1. The van der Waals surface area contributed by atoms with Gasteiger partial charge < -0.3 is 15.6 Å². The first-order valence-electron chi connectivity index (χ1n) is 6.45. The second-order valence-corrected chi connectivity index (χ2v) is 5.15. The number of nitrogens with two attached hydrogens (primary N) is 1. The first kappa shape index (κ1) is 14.3. The Kier molecular flexibility index (Phi) is 3.67. The van der Waals surface area contributed by atoms with Crippen molar-refractivity contribution in [2.75, 3.05) is 18.5 Å². The fourth-order valence-electron chi connectivity index (χ4n) is 2.00. The lowest BCUT2D eigenvalue weighted by Crippen LogP contribution is -2.36. The molecule has 0 saturated carbocycles. The summed E-state index contributed by atoms with van der Waals surface area (Å²) < 4.78 is 2.42. The van der Waals surface area contributed by atoms with Gasteiger partial charge in [0.25, 0.3) is 5.56 Å². The summed E-state index contributed by atoms with van der Waals surface area (Å²) in [6.45, 7) is 2.65. The van der Waals surface area contributed by atoms with Crippen LogP contribution in [0.3, 0.4) is 0 Å². The number of anilines is 1. The predicted octanol–water partition coefficient (Wildman–Crippen LogP) is -0.866. The van der Waals surface area contributed by atoms with Gasteiger partial charge in [-0.15, -0.1) is 0 Å². The van der Waals surface area contributed by atoms with E-state index in [1.807, 2.05) is 18.9 Å². The number of aromatic amines is 1. The molecule has 1 atom stereocenters. The molecule has 0 amide bonds. The molecule has 110 valence electrons. The number of nitrogens with zero attached hydrogens (tertiary/aromatic N) is 4. The second-order valence-electron chi connectivity index (χ2n) is 5.15. The molecule has 8 nitrogen and oxygen atoms in total. The Morgan fingerprint density at radius 1 is 1.35 bits per heavy atom. The van der Waals surface area contributed by atoms with E-state index in [1.165, 1.54) is 11.6 Å². The number of fused-ring (bicyclic) bond motifs is 1. The largest absolute Gasteiger partial charge is 0.345 e. The summed E-state index contributed by atoms with van der Waals surface area (Å²) in [4.78, 5) is 33.1. The van der Waals surface area contributed by atoms with Crippen molar-refractivity contribution in [2.45, 2.75) is 19.4 Å². The van der Waals surface area contributed by atoms with Crippen molar-refractivity contribution < 1.29 is 0 Å². The van der Waals surface area contributed by atoms with Crippen LogP contribution < -0.4 is 21.9 Å². The van der Waals surface area contributed by atoms with E-state index in [0.29, 0.717) is 23.7 Å². The van der Waals surface area contributed by atoms with E-state index in [-0.39, 0.29) is 11.6 Å². The van der Waals surface area contributed by atoms with Gasteiger partial charge in [-0.25, -0.2) is 4.79 Å². The Morgan fingerprint density at radius 3 is 2.60 bits per heavy atom. The summed E-state index contributed by atoms with van der Waals surface area (Å²) in [5.41, 5.74) is 5.66. The fraction of sp³-hybridized carbons (Fsp3) is 0.583. The summed E-state index contributed by atoms with van der Waals surface area (Å²) in [6.07, 6.45) is 0.810. The van der Waals surface area contributed by atoms with Gasteiger partial charge in [0.05, 0.1) is 0 Å². The van der Waals surface area contributed by atoms with E-state index >= 15 is 0 Å². The Bertz CT molecular complexity index is 739. The zero-order valence-corrected chi connectivity index (χ0v) is 12.2. The van der Waals surface area contributed by atoms with Crippen molar-refractivity contribution in [3.8, 4) is 0 Å². The molecule has 0 bridgehead atoms. The number of hydrogen-bond donors (Lipinski definition) is 2. The van der Waals surface area contributed by atoms with E-state index in [9.17, 15) is 9.59 Å². The molecule has 1 unspecified atom stereocenters. The minimum Gasteiger partial charge on any atom is -0.345 e. The maximum atomic E-state index is 12.0. The first-order chi connectivity index (χ1) is 9.32. The van der Waals surface area contributed by atoms with Gasteiger partial charge in [0.1, 0.15) is 0 Å². The van der Waals surface area contributed by atoms with E-state index in [1.54, 1.807) is 7.05 Å². The van der Waals surface area contributed by atoms with Crippen LogP contribution in [0.1, 0.15) is 13.3 Å². The Balaban J connectivity index is 2.49. The van der Waals surface area contributed by atoms with Gasteiger partial charge in [-0.05, 0) is 13.3 Å². The fourth-order valence-corrected chi connectivity index (χ4v) is 2.00. The van der Waals surface area contributed by atoms with E-state index in [2.05, 4.69) is 9.97 Å². The standard InChI is InChI=1S/C12H20N6O2/c1-7(13)5-6-16(2)11-14-8-9(15-11)17(3)12(20)18(4)10(8)19/h7H,5-6,13H2,1-4H3,(H,14,15). The van der Waals surface area contributed by atoms with Gasteiger partial charge in [0.15, 0.2) is 11.2 Å². The number of hydrogen-bond acceptors (Lipinski definition) is 5. The molecule has 0 radical (unpaired) electrons. The van der Waals surface area contributed by atoms with Crippen LogP contribution >= 0.6 is 0 Å². The molecule has 0 aromatic carbocycles. The Hall–Kier alpha value is -2.09. The molecule has 2 aromatic heterocycles. The highest BCUT2D eigenvalue weighted by Crippen LogP contribution is 2.12. The highest BCUT2D eigenvalue weighted by Gasteiger charge is 2.15. The van der Waals surface area contributed by atoms with Crippen LogP contribution in [0.4, 0.5) is 5.95 Å². The maximum absolute atomic E-state index is 12.0. The van der Waals surface area contributed by atoms with Crippen molar-refractivity contribution in [3.63, 3.8) is 0 Å². The average molecular weight is 280 g/mol. The predicted molar refractivity (Wildman–Crippen MR) is 78.1 cm³/mol. The number of aryl methyl sites for hydroxylation is 1. The summed E-state index contributed by atoms with van der Waals surface area (Å²) in [5.74, 6) is 0.555. The molecule has 20 heavy (non-hydrogen) atoms. The van der Waals surface area contributed by atoms with Crippen molar-refractivity contribution in [3.05, 3.63) is 20.8 Å². The second kappa shape index (κ2) is 5.12. The van der Waals surface area contributed by atoms with Crippen molar-refractivity contribution in [1.82, 2.24) is 19.1 Å². The monoisotopic (exact) mass is 280 g/mol. The third-order valence-electron chi connectivity index (χ3n) is 3.36. The molecule has 8 heteroatoms. The lowest BCUT2D eigenvalue weighted by molar-refractivity contribution is 0.654. The highest BCUT2D eigenvalue weighted by atomic mass is 16.2. The van der Waals surface area contributed by atoms with Gasteiger partial charge in [-0.2, -0.15) is 4.98 Å². The van der Waals surface area contributed by atoms with Crippen LogP contribution in [0.15, 0.2) is 9.59 Å². The molecule has 0 aliphatic rings. The van der Waals surface area contributed by atoms with Crippen LogP contribution in [0.2, 0.25) is 0 Å². The van der Waals surface area contributed by atoms with E-state index in [0.717, 1.165) is 11.0 Å². The van der Waals surface area contributed by atoms with Crippen molar-refractivity contribution in [1.29, 1.82) is 0 Å². The zero-order chi connectivity index (χ0) is 15.0. The topological polar surface area (TPSA) is 102 Å². The number of H-pyrrole nitrogens is 1. The minimum atomic E-state index is -0.390. The normalized spacial score (nSPS) is 12.8. The zero-order valence-electron chi connectivity index (χ0n) is 12.2. The van der Waals surface area contributed by atoms with Gasteiger partial charge in [0, 0.05) is 33.7 Å². The molecular formula is C12H20N6O2. The summed E-state index contributed by atoms with van der Waals surface area (Å²) >= 11 is 0. The molecule has 2 heterocycles. The van der Waals surface area contributed by atoms with Gasteiger partial charge >= 0.3 is 5.69 Å². The molecule has 0 fully saturated rings. The van der Waals surface area contributed by atoms with Crippen LogP contribution in [0.5, 0.6) is 0 Å². The third kappa shape index (κ3) is 2.34. The Morgan fingerprint density at radius 2 is 2.00 bits per heavy atom. The number of aromatic nitrogens is 4. The SMILES string of the molecule is CC(N)CCN(C)c1nc2c([nH]1)c(=O)n(C)c(=O)n2C. The van der Waals surface area contributed by atoms with Crippen LogP contribution in [-0.4, -0.2) is 38.7 Å². The van der Waals surface area contributed by atoms with Crippen LogP contribution in [0, 0.1) is 0 Å². The average Bonchev–Trinajstić information content (AvgIpc) is 2.85. The lowest BCUT2D eigenvalue weighted by Gasteiger charge is -2.16. The van der Waals surface area contributed by atoms with E-state index in [4.69, 9.17) is 5.73 Å². The third-order valence-corrected chi connectivity index (χ3v) is 3.36. The highest BCUT2D eigenvalue weighted by molar-refractivity contribution is 5.72. The van der Waals surface area contributed by atoms with Crippen LogP contribution in [-0.2, 0) is 14.1 Å². The van der Waals surface area contributed by atoms with Crippen LogP contribution in [0.25, 0.3) is 11.2 Å². The van der Waals surface area contributed by atoms with Crippen molar-refractivity contribution in [2.24, 2.45) is 19.8 Å². The smallest absolute Gasteiger partial charge is 0.332 e. The number of rotatable bonds is 4. The lowest BCUT2D eigenvalue weighted by atomic mass is 10.2. The molecule has 0 spiro atoms. The summed E-state index contributed by atoms with van der Waals surface area (Å²) in [7, 11) is 4.91. The number of imidazole rings is 1. The molecule has 0 saturated heterocycles. The molecular weight excluding hydrogens is 260 g/mol. The summed E-state index contributed by atoms with van der Waals surface area (Å²) in [6, 6.07) is 0.0963. The summed E-state index contributed by atoms with van der Waals surface area (Å²) in [5, 5.41) is 0. The molecule has 0 aliphatic carbocycles. The Labute approximate surface area is 115 Å². The van der Waals surface area contributed by atoms with Gasteiger partial charge in [-0.1, -0.05) is 0 Å². The van der Waals surface area contributed by atoms with E-state index < -0.39 is 5.69 Å². The molecule has 2 rings (SSSR count). The first-order valence-corrected chi connectivity index (χ1v) is 6.45. The maximum Gasteiger partial charge on any atom is 0.332 e. The van der Waals surface area contributed by atoms with Crippen molar-refractivity contribution >= 4 is 17.1 Å². The minimum absolute atomic E-state index is 0.0963. The molecule has 3 N–H and O–H groups in total. The van der Waals surface area contributed by atoms with Gasteiger partial charge in [-0.3, -0.25) is 13.9 Å². The molecule has 2 aromatic rings.